The molecule has 112 valence electrons. The molecule has 0 bridgehead atoms. The van der Waals surface area contributed by atoms with Crippen LogP contribution in [0.15, 0.2) is 30.5 Å². The predicted molar refractivity (Wildman–Crippen MR) is 74.8 cm³/mol. The van der Waals surface area contributed by atoms with E-state index in [4.69, 9.17) is 0 Å². The topological polar surface area (TPSA) is 38.0 Å². The zero-order chi connectivity index (χ0) is 14.8. The van der Waals surface area contributed by atoms with Crippen LogP contribution >= 0.6 is 0 Å². The highest BCUT2D eigenvalue weighted by Crippen LogP contribution is 2.29. The Kier molecular flexibility index (Phi) is 4.01. The fourth-order valence-electron chi connectivity index (χ4n) is 2.94. The Morgan fingerprint density at radius 1 is 1.24 bits per heavy atom. The number of rotatable bonds is 4. The third-order valence-electron chi connectivity index (χ3n) is 4.11. The molecular weight excluding hydrogens is 274 g/mol. The molecule has 1 aliphatic rings. The van der Waals surface area contributed by atoms with Crippen LogP contribution < -0.4 is 0 Å². The van der Waals surface area contributed by atoms with Crippen molar-refractivity contribution in [2.24, 2.45) is 0 Å². The van der Waals surface area contributed by atoms with Crippen molar-refractivity contribution in [2.45, 2.75) is 44.2 Å². The molecule has 2 aromatic rings. The first-order valence-electron chi connectivity index (χ1n) is 7.31. The van der Waals surface area contributed by atoms with Crippen LogP contribution in [-0.4, -0.2) is 14.9 Å². The molecule has 3 rings (SSSR count). The Morgan fingerprint density at radius 3 is 2.76 bits per heavy atom. The van der Waals surface area contributed by atoms with Gasteiger partial charge in [-0.1, -0.05) is 25.0 Å². The van der Waals surface area contributed by atoms with Gasteiger partial charge in [0.1, 0.15) is 0 Å². The van der Waals surface area contributed by atoms with E-state index in [0.29, 0.717) is 11.7 Å². The average molecular weight is 292 g/mol. The highest BCUT2D eigenvalue weighted by molar-refractivity contribution is 5.22. The Bertz CT molecular complexity index is 620. The molecular formula is C16H18F2N2O. The summed E-state index contributed by atoms with van der Waals surface area (Å²) in [5.74, 6) is -1.93. The minimum Gasteiger partial charge on any atom is -0.388 e. The number of aromatic nitrogens is 2. The first-order valence-corrected chi connectivity index (χ1v) is 7.31. The maximum atomic E-state index is 13.6. The summed E-state index contributed by atoms with van der Waals surface area (Å²) in [6.45, 7) is 0. The van der Waals surface area contributed by atoms with Gasteiger partial charge in [-0.25, -0.2) is 8.78 Å². The minimum absolute atomic E-state index is 0.0228. The van der Waals surface area contributed by atoms with Crippen LogP contribution in [0.1, 0.15) is 49.1 Å². The number of hydrogen-bond donors (Lipinski definition) is 1. The van der Waals surface area contributed by atoms with Gasteiger partial charge >= 0.3 is 0 Å². The molecule has 0 spiro atoms. The summed E-state index contributed by atoms with van der Waals surface area (Å²) in [4.78, 5) is 0. The average Bonchev–Trinajstić information content (AvgIpc) is 3.12. The summed E-state index contributed by atoms with van der Waals surface area (Å²) < 4.78 is 28.8. The quantitative estimate of drug-likeness (QED) is 0.935. The largest absolute Gasteiger partial charge is 0.388 e. The first-order chi connectivity index (χ1) is 10.1. The summed E-state index contributed by atoms with van der Waals surface area (Å²) in [7, 11) is 0. The summed E-state index contributed by atoms with van der Waals surface area (Å²) in [5, 5.41) is 14.5. The highest BCUT2D eigenvalue weighted by atomic mass is 19.2. The molecule has 5 heteroatoms. The van der Waals surface area contributed by atoms with Gasteiger partial charge in [0.05, 0.1) is 17.8 Å². The SMILES string of the molecule is OC(Cc1ccn(C2CCCC2)n1)c1cccc(F)c1F. The van der Waals surface area contributed by atoms with Gasteiger partial charge in [0.15, 0.2) is 11.6 Å². The van der Waals surface area contributed by atoms with Crippen LogP contribution in [0.5, 0.6) is 0 Å². The maximum absolute atomic E-state index is 13.6. The predicted octanol–water partition coefficient (Wildman–Crippen LogP) is 3.55. The second kappa shape index (κ2) is 5.93. The summed E-state index contributed by atoms with van der Waals surface area (Å²) in [6, 6.07) is 6.10. The summed E-state index contributed by atoms with van der Waals surface area (Å²) >= 11 is 0. The molecule has 1 aromatic carbocycles. The fraction of sp³-hybridized carbons (Fsp3) is 0.438. The number of hydrogen-bond acceptors (Lipinski definition) is 2. The van der Waals surface area contributed by atoms with Crippen molar-refractivity contribution in [1.82, 2.24) is 9.78 Å². The monoisotopic (exact) mass is 292 g/mol. The molecule has 1 aromatic heterocycles. The van der Waals surface area contributed by atoms with Crippen LogP contribution in [0.25, 0.3) is 0 Å². The third-order valence-corrected chi connectivity index (χ3v) is 4.11. The van der Waals surface area contributed by atoms with E-state index in [2.05, 4.69) is 5.10 Å². The van der Waals surface area contributed by atoms with Crippen molar-refractivity contribution < 1.29 is 13.9 Å². The fourth-order valence-corrected chi connectivity index (χ4v) is 2.94. The van der Waals surface area contributed by atoms with Gasteiger partial charge in [-0.3, -0.25) is 4.68 Å². The van der Waals surface area contributed by atoms with E-state index in [1.54, 1.807) is 0 Å². The minimum atomic E-state index is -1.09. The molecule has 1 N–H and O–H groups in total. The number of nitrogens with zero attached hydrogens (tertiary/aromatic N) is 2. The van der Waals surface area contributed by atoms with Crippen LogP contribution in [-0.2, 0) is 6.42 Å². The molecule has 0 amide bonds. The normalized spacial score (nSPS) is 17.3. The van der Waals surface area contributed by atoms with Crippen molar-refractivity contribution in [1.29, 1.82) is 0 Å². The maximum Gasteiger partial charge on any atom is 0.164 e. The molecule has 1 saturated carbocycles. The standard InChI is InChI=1S/C16H18F2N2O/c17-14-7-3-6-13(16(14)18)15(21)10-11-8-9-20(19-11)12-4-1-2-5-12/h3,6-9,12,15,21H,1-2,4-5,10H2. The van der Waals surface area contributed by atoms with Gasteiger partial charge in [0, 0.05) is 18.2 Å². The Morgan fingerprint density at radius 2 is 2.00 bits per heavy atom. The molecule has 1 atom stereocenters. The molecule has 1 unspecified atom stereocenters. The van der Waals surface area contributed by atoms with Crippen molar-refractivity contribution >= 4 is 0 Å². The van der Waals surface area contributed by atoms with E-state index in [1.165, 1.54) is 25.0 Å². The van der Waals surface area contributed by atoms with E-state index in [9.17, 15) is 13.9 Å². The van der Waals surface area contributed by atoms with Crippen LogP contribution in [0.2, 0.25) is 0 Å². The van der Waals surface area contributed by atoms with Gasteiger partial charge in [-0.2, -0.15) is 5.10 Å². The number of halogens is 2. The molecule has 3 nitrogen and oxygen atoms in total. The van der Waals surface area contributed by atoms with Crippen LogP contribution in [0.3, 0.4) is 0 Å². The van der Waals surface area contributed by atoms with Gasteiger partial charge < -0.3 is 5.11 Å². The van der Waals surface area contributed by atoms with Crippen LogP contribution in [0.4, 0.5) is 8.78 Å². The van der Waals surface area contributed by atoms with Crippen LogP contribution in [0, 0.1) is 11.6 Å². The summed E-state index contributed by atoms with van der Waals surface area (Å²) in [6.07, 6.45) is 5.69. The van der Waals surface area contributed by atoms with Crippen molar-refractivity contribution in [3.63, 3.8) is 0 Å². The molecule has 21 heavy (non-hydrogen) atoms. The lowest BCUT2D eigenvalue weighted by atomic mass is 10.0. The summed E-state index contributed by atoms with van der Waals surface area (Å²) in [5.41, 5.74) is 0.670. The van der Waals surface area contributed by atoms with Gasteiger partial charge in [0.25, 0.3) is 0 Å². The molecule has 1 aliphatic carbocycles. The molecule has 1 fully saturated rings. The number of aliphatic hydroxyl groups is 1. The van der Waals surface area contributed by atoms with E-state index in [1.807, 2.05) is 16.9 Å². The Labute approximate surface area is 122 Å². The van der Waals surface area contributed by atoms with Gasteiger partial charge in [0.2, 0.25) is 0 Å². The molecule has 0 radical (unpaired) electrons. The van der Waals surface area contributed by atoms with Crippen molar-refractivity contribution in [3.8, 4) is 0 Å². The zero-order valence-electron chi connectivity index (χ0n) is 11.7. The number of aliphatic hydroxyl groups excluding tert-OH is 1. The Balaban J connectivity index is 1.72. The van der Waals surface area contributed by atoms with Crippen molar-refractivity contribution in [2.75, 3.05) is 0 Å². The highest BCUT2D eigenvalue weighted by Gasteiger charge is 2.20. The second-order valence-electron chi connectivity index (χ2n) is 5.59. The molecule has 1 heterocycles. The lowest BCUT2D eigenvalue weighted by molar-refractivity contribution is 0.170. The number of benzene rings is 1. The third kappa shape index (κ3) is 2.97. The second-order valence-corrected chi connectivity index (χ2v) is 5.59. The van der Waals surface area contributed by atoms with Gasteiger partial charge in [-0.15, -0.1) is 0 Å². The first kappa shape index (κ1) is 14.2. The lowest BCUT2D eigenvalue weighted by Crippen LogP contribution is -2.09. The zero-order valence-corrected chi connectivity index (χ0v) is 11.7. The Hall–Kier alpha value is -1.75. The van der Waals surface area contributed by atoms with E-state index in [-0.39, 0.29) is 12.0 Å². The molecule has 0 aliphatic heterocycles. The van der Waals surface area contributed by atoms with E-state index >= 15 is 0 Å². The smallest absolute Gasteiger partial charge is 0.164 e. The van der Waals surface area contributed by atoms with Gasteiger partial charge in [-0.05, 0) is 25.0 Å². The molecule has 0 saturated heterocycles. The van der Waals surface area contributed by atoms with Crippen molar-refractivity contribution in [3.05, 3.63) is 53.4 Å². The van der Waals surface area contributed by atoms with E-state index in [0.717, 1.165) is 18.9 Å². The lowest BCUT2D eigenvalue weighted by Gasteiger charge is -2.12. The van der Waals surface area contributed by atoms with E-state index < -0.39 is 17.7 Å².